The fourth-order valence-corrected chi connectivity index (χ4v) is 4.29. The number of hydrogen-bond donors (Lipinski definition) is 2. The summed E-state index contributed by atoms with van der Waals surface area (Å²) < 4.78 is 23.2. The van der Waals surface area contributed by atoms with Crippen molar-refractivity contribution in [2.75, 3.05) is 25.4 Å². The van der Waals surface area contributed by atoms with Crippen molar-refractivity contribution in [3.8, 4) is 0 Å². The highest BCUT2D eigenvalue weighted by atomic mass is 32.2. The molecule has 0 aromatic carbocycles. The average molecular weight is 260 g/mol. The van der Waals surface area contributed by atoms with Crippen LogP contribution < -0.4 is 10.6 Å². The van der Waals surface area contributed by atoms with Crippen molar-refractivity contribution in [2.24, 2.45) is 5.92 Å². The summed E-state index contributed by atoms with van der Waals surface area (Å²) in [7, 11) is -2.94. The van der Waals surface area contributed by atoms with E-state index in [1.165, 1.54) is 0 Å². The van der Waals surface area contributed by atoms with E-state index < -0.39 is 9.84 Å². The van der Waals surface area contributed by atoms with Crippen LogP contribution in [-0.2, 0) is 14.6 Å². The Morgan fingerprint density at radius 2 is 2.12 bits per heavy atom. The van der Waals surface area contributed by atoms with Crippen LogP contribution in [0.15, 0.2) is 0 Å². The zero-order valence-electron chi connectivity index (χ0n) is 9.94. The Kier molecular flexibility index (Phi) is 4.04. The van der Waals surface area contributed by atoms with E-state index in [4.69, 9.17) is 0 Å². The summed E-state index contributed by atoms with van der Waals surface area (Å²) in [5.74, 6) is 0.283. The molecule has 2 heterocycles. The van der Waals surface area contributed by atoms with Crippen LogP contribution in [-0.4, -0.2) is 45.0 Å². The van der Waals surface area contributed by atoms with Crippen LogP contribution in [0.1, 0.15) is 25.7 Å². The topological polar surface area (TPSA) is 75.3 Å². The maximum atomic E-state index is 11.8. The summed E-state index contributed by atoms with van der Waals surface area (Å²) >= 11 is 0. The van der Waals surface area contributed by atoms with Crippen LogP contribution in [0.2, 0.25) is 0 Å². The summed E-state index contributed by atoms with van der Waals surface area (Å²) in [6, 6.07) is 0. The molecule has 1 unspecified atom stereocenters. The zero-order valence-corrected chi connectivity index (χ0v) is 10.8. The maximum absolute atomic E-state index is 11.8. The van der Waals surface area contributed by atoms with Crippen LogP contribution in [0.25, 0.3) is 0 Å². The third-order valence-electron chi connectivity index (χ3n) is 3.63. The first-order chi connectivity index (χ1) is 8.09. The van der Waals surface area contributed by atoms with Gasteiger partial charge in [-0.3, -0.25) is 4.79 Å². The quantitative estimate of drug-likeness (QED) is 0.729. The Labute approximate surface area is 102 Å². The first-order valence-electron chi connectivity index (χ1n) is 6.29. The molecule has 5 nitrogen and oxygen atoms in total. The van der Waals surface area contributed by atoms with E-state index >= 15 is 0 Å². The number of carbonyl (C=O) groups is 1. The number of nitrogens with one attached hydrogen (secondary N) is 2. The third kappa shape index (κ3) is 3.19. The fraction of sp³-hybridized carbons (Fsp3) is 0.909. The predicted octanol–water partition coefficient (Wildman–Crippen LogP) is -0.321. The van der Waals surface area contributed by atoms with E-state index in [0.29, 0.717) is 13.0 Å². The van der Waals surface area contributed by atoms with Gasteiger partial charge in [-0.1, -0.05) is 0 Å². The average Bonchev–Trinajstić information content (AvgIpc) is 2.66. The molecule has 0 bridgehead atoms. The first kappa shape index (κ1) is 12.8. The van der Waals surface area contributed by atoms with Gasteiger partial charge in [0.1, 0.15) is 0 Å². The van der Waals surface area contributed by atoms with E-state index in [-0.39, 0.29) is 29.4 Å². The van der Waals surface area contributed by atoms with Gasteiger partial charge in [0.2, 0.25) is 5.91 Å². The standard InChI is InChI=1S/C11H20N2O3S/c14-11(9-3-1-5-12-7-9)13-8-10-4-2-6-17(10,15)16/h9-10,12H,1-8H2,(H,13,14)/t9-,10?/m1/s1. The molecule has 2 N–H and O–H groups in total. The van der Waals surface area contributed by atoms with E-state index in [1.807, 2.05) is 0 Å². The lowest BCUT2D eigenvalue weighted by atomic mass is 9.99. The lowest BCUT2D eigenvalue weighted by Gasteiger charge is -2.22. The highest BCUT2D eigenvalue weighted by Gasteiger charge is 2.32. The van der Waals surface area contributed by atoms with Gasteiger partial charge in [0.15, 0.2) is 9.84 Å². The molecule has 2 aliphatic rings. The summed E-state index contributed by atoms with van der Waals surface area (Å²) in [4.78, 5) is 11.8. The molecular formula is C11H20N2O3S. The highest BCUT2D eigenvalue weighted by molar-refractivity contribution is 7.92. The minimum Gasteiger partial charge on any atom is -0.355 e. The minimum atomic E-state index is -2.94. The molecule has 17 heavy (non-hydrogen) atoms. The van der Waals surface area contributed by atoms with E-state index in [2.05, 4.69) is 10.6 Å². The number of carbonyl (C=O) groups excluding carboxylic acids is 1. The maximum Gasteiger partial charge on any atom is 0.224 e. The molecule has 0 aromatic heterocycles. The Balaban J connectivity index is 1.79. The van der Waals surface area contributed by atoms with Crippen LogP contribution in [0.3, 0.4) is 0 Å². The summed E-state index contributed by atoms with van der Waals surface area (Å²) in [6.45, 7) is 1.97. The molecule has 2 aliphatic heterocycles. The van der Waals surface area contributed by atoms with Gasteiger partial charge in [0, 0.05) is 13.1 Å². The van der Waals surface area contributed by atoms with Crippen molar-refractivity contribution in [1.82, 2.24) is 10.6 Å². The van der Waals surface area contributed by atoms with Crippen molar-refractivity contribution in [3.63, 3.8) is 0 Å². The van der Waals surface area contributed by atoms with Gasteiger partial charge in [-0.25, -0.2) is 8.42 Å². The molecule has 0 aromatic rings. The van der Waals surface area contributed by atoms with Crippen molar-refractivity contribution in [2.45, 2.75) is 30.9 Å². The Bertz CT molecular complexity index is 374. The summed E-state index contributed by atoms with van der Waals surface area (Å²) in [5.41, 5.74) is 0. The SMILES string of the molecule is O=C(NCC1CCCS1(=O)=O)[C@@H]1CCCNC1. The lowest BCUT2D eigenvalue weighted by Crippen LogP contribution is -2.43. The van der Waals surface area contributed by atoms with Crippen molar-refractivity contribution >= 4 is 15.7 Å². The van der Waals surface area contributed by atoms with Crippen LogP contribution >= 0.6 is 0 Å². The number of amides is 1. The molecule has 0 saturated carbocycles. The zero-order chi connectivity index (χ0) is 12.3. The Morgan fingerprint density at radius 3 is 2.71 bits per heavy atom. The van der Waals surface area contributed by atoms with Gasteiger partial charge in [0.05, 0.1) is 16.9 Å². The van der Waals surface area contributed by atoms with Gasteiger partial charge < -0.3 is 10.6 Å². The molecule has 6 heteroatoms. The molecule has 1 amide bonds. The first-order valence-corrected chi connectivity index (χ1v) is 8.01. The summed E-state index contributed by atoms with van der Waals surface area (Å²) in [5, 5.41) is 5.61. The molecule has 98 valence electrons. The molecule has 2 rings (SSSR count). The number of sulfone groups is 1. The Hall–Kier alpha value is -0.620. The van der Waals surface area contributed by atoms with Crippen LogP contribution in [0, 0.1) is 5.92 Å². The van der Waals surface area contributed by atoms with Crippen molar-refractivity contribution in [1.29, 1.82) is 0 Å². The second-order valence-corrected chi connectivity index (χ2v) is 7.32. The van der Waals surface area contributed by atoms with Crippen LogP contribution in [0.5, 0.6) is 0 Å². The van der Waals surface area contributed by atoms with E-state index in [0.717, 1.165) is 25.8 Å². The van der Waals surface area contributed by atoms with E-state index in [1.54, 1.807) is 0 Å². The number of rotatable bonds is 3. The molecular weight excluding hydrogens is 240 g/mol. The van der Waals surface area contributed by atoms with Crippen LogP contribution in [0.4, 0.5) is 0 Å². The summed E-state index contributed by atoms with van der Waals surface area (Å²) in [6.07, 6.45) is 3.33. The van der Waals surface area contributed by atoms with Gasteiger partial charge in [-0.05, 0) is 32.2 Å². The molecule has 0 spiro atoms. The predicted molar refractivity (Wildman–Crippen MR) is 65.4 cm³/mol. The van der Waals surface area contributed by atoms with Crippen molar-refractivity contribution < 1.29 is 13.2 Å². The second-order valence-electron chi connectivity index (χ2n) is 4.92. The molecule has 2 fully saturated rings. The molecule has 2 saturated heterocycles. The lowest BCUT2D eigenvalue weighted by molar-refractivity contribution is -0.125. The third-order valence-corrected chi connectivity index (χ3v) is 5.91. The van der Waals surface area contributed by atoms with Crippen molar-refractivity contribution in [3.05, 3.63) is 0 Å². The van der Waals surface area contributed by atoms with Gasteiger partial charge >= 0.3 is 0 Å². The smallest absolute Gasteiger partial charge is 0.224 e. The molecule has 2 atom stereocenters. The van der Waals surface area contributed by atoms with Gasteiger partial charge in [-0.2, -0.15) is 0 Å². The normalized spacial score (nSPS) is 32.2. The Morgan fingerprint density at radius 1 is 1.29 bits per heavy atom. The monoisotopic (exact) mass is 260 g/mol. The molecule has 0 radical (unpaired) electrons. The van der Waals surface area contributed by atoms with E-state index in [9.17, 15) is 13.2 Å². The second kappa shape index (κ2) is 5.35. The van der Waals surface area contributed by atoms with Gasteiger partial charge in [0.25, 0.3) is 0 Å². The highest BCUT2D eigenvalue weighted by Crippen LogP contribution is 2.19. The minimum absolute atomic E-state index is 0.000648. The molecule has 0 aliphatic carbocycles. The fourth-order valence-electron chi connectivity index (χ4n) is 2.52. The largest absolute Gasteiger partial charge is 0.355 e. The number of hydrogen-bond acceptors (Lipinski definition) is 4. The number of piperidine rings is 1. The van der Waals surface area contributed by atoms with Gasteiger partial charge in [-0.15, -0.1) is 0 Å².